The summed E-state index contributed by atoms with van der Waals surface area (Å²) in [6, 6.07) is 8.24. The number of thiophene rings is 1. The Bertz CT molecular complexity index is 711. The summed E-state index contributed by atoms with van der Waals surface area (Å²) in [6.45, 7) is 1.56. The van der Waals surface area contributed by atoms with Crippen molar-refractivity contribution in [3.63, 3.8) is 0 Å². The first-order valence-corrected chi connectivity index (χ1v) is 9.60. The number of guanidine groups is 1. The van der Waals surface area contributed by atoms with E-state index in [4.69, 9.17) is 9.47 Å². The van der Waals surface area contributed by atoms with Crippen LogP contribution in [0.4, 0.5) is 0 Å². The highest BCUT2D eigenvalue weighted by Crippen LogP contribution is 2.36. The Morgan fingerprint density at radius 2 is 2.08 bits per heavy atom. The van der Waals surface area contributed by atoms with Crippen LogP contribution in [0.15, 0.2) is 39.1 Å². The lowest BCUT2D eigenvalue weighted by atomic mass is 10.2. The van der Waals surface area contributed by atoms with Crippen molar-refractivity contribution in [3.05, 3.63) is 44.6 Å². The standard InChI is InChI=1S/C18H24BrN3O2S.HI/c1-20-18(22(2)8-7-14-6-5-9-25-14)21-12-13-10-15(19)17(24-4)16(11-13)23-3;/h5-6,9-11H,7-8,12H2,1-4H3,(H,20,21);1H. The second-order valence-corrected chi connectivity index (χ2v) is 7.35. The van der Waals surface area contributed by atoms with E-state index in [0.717, 1.165) is 29.0 Å². The van der Waals surface area contributed by atoms with Crippen molar-refractivity contribution in [2.45, 2.75) is 13.0 Å². The maximum Gasteiger partial charge on any atom is 0.193 e. The largest absolute Gasteiger partial charge is 0.493 e. The molecule has 0 unspecified atom stereocenters. The lowest BCUT2D eigenvalue weighted by Gasteiger charge is -2.22. The van der Waals surface area contributed by atoms with Gasteiger partial charge in [-0.25, -0.2) is 0 Å². The van der Waals surface area contributed by atoms with Crippen molar-refractivity contribution in [2.75, 3.05) is 34.9 Å². The summed E-state index contributed by atoms with van der Waals surface area (Å²) in [7, 11) is 7.12. The van der Waals surface area contributed by atoms with Crippen molar-refractivity contribution in [1.29, 1.82) is 0 Å². The fourth-order valence-corrected chi connectivity index (χ4v) is 3.83. The summed E-state index contributed by atoms with van der Waals surface area (Å²) in [6.07, 6.45) is 1.01. The van der Waals surface area contributed by atoms with Crippen LogP contribution in [0.2, 0.25) is 0 Å². The van der Waals surface area contributed by atoms with Gasteiger partial charge >= 0.3 is 0 Å². The number of methoxy groups -OCH3 is 2. The summed E-state index contributed by atoms with van der Waals surface area (Å²) >= 11 is 5.31. The van der Waals surface area contributed by atoms with E-state index in [1.54, 1.807) is 32.6 Å². The number of nitrogens with zero attached hydrogens (tertiary/aromatic N) is 2. The molecule has 1 aromatic heterocycles. The lowest BCUT2D eigenvalue weighted by Crippen LogP contribution is -2.39. The van der Waals surface area contributed by atoms with E-state index < -0.39 is 0 Å². The van der Waals surface area contributed by atoms with Crippen LogP contribution in [0.3, 0.4) is 0 Å². The summed E-state index contributed by atoms with van der Waals surface area (Å²) in [5.74, 6) is 2.26. The molecule has 0 spiro atoms. The van der Waals surface area contributed by atoms with Gasteiger partial charge in [0.25, 0.3) is 0 Å². The van der Waals surface area contributed by atoms with Crippen LogP contribution < -0.4 is 14.8 Å². The van der Waals surface area contributed by atoms with E-state index in [1.165, 1.54) is 4.88 Å². The van der Waals surface area contributed by atoms with E-state index >= 15 is 0 Å². The van der Waals surface area contributed by atoms with Crippen molar-refractivity contribution >= 4 is 57.2 Å². The molecule has 0 aliphatic rings. The van der Waals surface area contributed by atoms with Gasteiger partial charge in [-0.3, -0.25) is 4.99 Å². The third-order valence-electron chi connectivity index (χ3n) is 3.79. The zero-order valence-corrected chi connectivity index (χ0v) is 20.1. The third-order valence-corrected chi connectivity index (χ3v) is 5.32. The molecule has 0 bridgehead atoms. The maximum atomic E-state index is 5.40. The van der Waals surface area contributed by atoms with Gasteiger partial charge in [-0.15, -0.1) is 35.3 Å². The molecule has 1 heterocycles. The molecule has 0 amide bonds. The molecule has 144 valence electrons. The van der Waals surface area contributed by atoms with E-state index in [-0.39, 0.29) is 24.0 Å². The molecular formula is C18H25BrIN3O2S. The quantitative estimate of drug-likeness (QED) is 0.314. The number of rotatable bonds is 7. The number of nitrogens with one attached hydrogen (secondary N) is 1. The highest BCUT2D eigenvalue weighted by Gasteiger charge is 2.12. The number of hydrogen-bond donors (Lipinski definition) is 1. The molecule has 0 fully saturated rings. The monoisotopic (exact) mass is 553 g/mol. The van der Waals surface area contributed by atoms with Gasteiger partial charge in [-0.05, 0) is 51.5 Å². The molecule has 26 heavy (non-hydrogen) atoms. The summed E-state index contributed by atoms with van der Waals surface area (Å²) in [4.78, 5) is 7.88. The predicted octanol–water partition coefficient (Wildman–Crippen LogP) is 4.40. The number of halogens is 2. The van der Waals surface area contributed by atoms with Gasteiger partial charge in [0.05, 0.1) is 18.7 Å². The average Bonchev–Trinajstić information content (AvgIpc) is 3.13. The molecular weight excluding hydrogens is 529 g/mol. The average molecular weight is 554 g/mol. The maximum absolute atomic E-state index is 5.40. The summed E-state index contributed by atoms with van der Waals surface area (Å²) in [5, 5.41) is 5.50. The number of hydrogen-bond acceptors (Lipinski definition) is 4. The minimum atomic E-state index is 0. The first kappa shape index (κ1) is 23.0. The predicted molar refractivity (Wildman–Crippen MR) is 124 cm³/mol. The Morgan fingerprint density at radius 1 is 1.31 bits per heavy atom. The van der Waals surface area contributed by atoms with Crippen molar-refractivity contribution < 1.29 is 9.47 Å². The Labute approximate surface area is 184 Å². The van der Waals surface area contributed by atoms with Gasteiger partial charge < -0.3 is 19.7 Å². The van der Waals surface area contributed by atoms with E-state index in [0.29, 0.717) is 18.0 Å². The van der Waals surface area contributed by atoms with Crippen molar-refractivity contribution in [3.8, 4) is 11.5 Å². The first-order chi connectivity index (χ1) is 12.1. The molecule has 5 nitrogen and oxygen atoms in total. The van der Waals surface area contributed by atoms with Gasteiger partial charge in [0.2, 0.25) is 0 Å². The number of likely N-dealkylation sites (N-methyl/N-ethyl adjacent to an activating group) is 1. The van der Waals surface area contributed by atoms with Crippen LogP contribution in [-0.4, -0.2) is 45.7 Å². The van der Waals surface area contributed by atoms with Gasteiger partial charge in [-0.2, -0.15) is 0 Å². The van der Waals surface area contributed by atoms with Crippen molar-refractivity contribution in [1.82, 2.24) is 10.2 Å². The normalized spacial score (nSPS) is 10.9. The van der Waals surface area contributed by atoms with Gasteiger partial charge in [0, 0.05) is 32.1 Å². The molecule has 0 aliphatic heterocycles. The minimum Gasteiger partial charge on any atom is -0.493 e. The van der Waals surface area contributed by atoms with Crippen LogP contribution in [0, 0.1) is 0 Å². The highest BCUT2D eigenvalue weighted by molar-refractivity contribution is 14.0. The fraction of sp³-hybridized carbons (Fsp3) is 0.389. The van der Waals surface area contributed by atoms with Crippen LogP contribution in [0.25, 0.3) is 0 Å². The molecule has 8 heteroatoms. The van der Waals surface area contributed by atoms with Gasteiger partial charge in [0.1, 0.15) is 0 Å². The number of ether oxygens (including phenoxy) is 2. The second-order valence-electron chi connectivity index (χ2n) is 5.46. The van der Waals surface area contributed by atoms with Crippen LogP contribution >= 0.6 is 51.2 Å². The number of aliphatic imine (C=N–C) groups is 1. The molecule has 1 N–H and O–H groups in total. The molecule has 2 aromatic rings. The Balaban J connectivity index is 0.00000338. The topological polar surface area (TPSA) is 46.1 Å². The highest BCUT2D eigenvalue weighted by atomic mass is 127. The summed E-state index contributed by atoms with van der Waals surface area (Å²) < 4.78 is 11.6. The Kier molecular flexibility index (Phi) is 10.3. The van der Waals surface area contributed by atoms with Crippen LogP contribution in [-0.2, 0) is 13.0 Å². The smallest absolute Gasteiger partial charge is 0.193 e. The van der Waals surface area contributed by atoms with E-state index in [9.17, 15) is 0 Å². The van der Waals surface area contributed by atoms with Crippen LogP contribution in [0.1, 0.15) is 10.4 Å². The third kappa shape index (κ3) is 6.31. The van der Waals surface area contributed by atoms with Gasteiger partial charge in [-0.1, -0.05) is 6.07 Å². The SMILES string of the molecule is CN=C(NCc1cc(Br)c(OC)c(OC)c1)N(C)CCc1cccs1.I. The molecule has 0 saturated carbocycles. The van der Waals surface area contributed by atoms with E-state index in [1.807, 2.05) is 19.2 Å². The Morgan fingerprint density at radius 3 is 2.65 bits per heavy atom. The van der Waals surface area contributed by atoms with Crippen molar-refractivity contribution in [2.24, 2.45) is 4.99 Å². The molecule has 0 saturated heterocycles. The molecule has 0 radical (unpaired) electrons. The Hall–Kier alpha value is -1.000. The zero-order chi connectivity index (χ0) is 18.2. The molecule has 1 aromatic carbocycles. The fourth-order valence-electron chi connectivity index (χ4n) is 2.48. The number of benzene rings is 1. The molecule has 2 rings (SSSR count). The van der Waals surface area contributed by atoms with E-state index in [2.05, 4.69) is 48.7 Å². The second kappa shape index (κ2) is 11.7. The van der Waals surface area contributed by atoms with Gasteiger partial charge in [0.15, 0.2) is 17.5 Å². The zero-order valence-electron chi connectivity index (χ0n) is 15.4. The molecule has 0 aliphatic carbocycles. The molecule has 0 atom stereocenters. The van der Waals surface area contributed by atoms with Crippen LogP contribution in [0.5, 0.6) is 11.5 Å². The summed E-state index contributed by atoms with van der Waals surface area (Å²) in [5.41, 5.74) is 1.08. The lowest BCUT2D eigenvalue weighted by molar-refractivity contribution is 0.352. The first-order valence-electron chi connectivity index (χ1n) is 7.93. The minimum absolute atomic E-state index is 0.